The van der Waals surface area contributed by atoms with E-state index in [0.717, 1.165) is 31.5 Å². The van der Waals surface area contributed by atoms with Crippen molar-refractivity contribution >= 4 is 5.96 Å². The summed E-state index contributed by atoms with van der Waals surface area (Å²) in [5, 5.41) is 7.00. The number of nitrogens with one attached hydrogen (secondary N) is 2. The van der Waals surface area contributed by atoms with Crippen molar-refractivity contribution in [3.8, 4) is 0 Å². The maximum Gasteiger partial charge on any atom is 0.191 e. The van der Waals surface area contributed by atoms with Crippen LogP contribution >= 0.6 is 0 Å². The van der Waals surface area contributed by atoms with Gasteiger partial charge in [0.25, 0.3) is 0 Å². The topological polar surface area (TPSA) is 42.9 Å². The zero-order valence-electron chi connectivity index (χ0n) is 16.5. The van der Waals surface area contributed by atoms with Crippen LogP contribution in [-0.4, -0.2) is 68.6 Å². The summed E-state index contributed by atoms with van der Waals surface area (Å²) in [6, 6.07) is 11.2. The summed E-state index contributed by atoms with van der Waals surface area (Å²) in [6.45, 7) is 9.63. The molecule has 0 aromatic heterocycles. The van der Waals surface area contributed by atoms with Gasteiger partial charge in [-0.15, -0.1) is 0 Å². The van der Waals surface area contributed by atoms with Gasteiger partial charge in [-0.1, -0.05) is 30.3 Å². The fourth-order valence-electron chi connectivity index (χ4n) is 4.11. The Kier molecular flexibility index (Phi) is 7.32. The van der Waals surface area contributed by atoms with Gasteiger partial charge in [0.1, 0.15) is 0 Å². The number of rotatable bonds is 7. The lowest BCUT2D eigenvalue weighted by Gasteiger charge is -2.27. The van der Waals surface area contributed by atoms with Crippen molar-refractivity contribution in [3.05, 3.63) is 35.9 Å². The maximum absolute atomic E-state index is 4.95. The molecule has 144 valence electrons. The second-order valence-electron chi connectivity index (χ2n) is 7.69. The van der Waals surface area contributed by atoms with E-state index in [1.54, 1.807) is 0 Å². The summed E-state index contributed by atoms with van der Waals surface area (Å²) in [5.41, 5.74) is 1.38. The Balaban J connectivity index is 1.62. The first-order valence-electron chi connectivity index (χ1n) is 10.3. The molecule has 3 rings (SSSR count). The van der Waals surface area contributed by atoms with Crippen LogP contribution in [0.1, 0.15) is 37.8 Å². The Hall–Kier alpha value is -1.59. The van der Waals surface area contributed by atoms with Crippen LogP contribution in [0.5, 0.6) is 0 Å². The number of hydrogen-bond acceptors (Lipinski definition) is 3. The van der Waals surface area contributed by atoms with Crippen molar-refractivity contribution in [3.63, 3.8) is 0 Å². The lowest BCUT2D eigenvalue weighted by Crippen LogP contribution is -2.41. The first-order valence-corrected chi connectivity index (χ1v) is 10.3. The van der Waals surface area contributed by atoms with Crippen LogP contribution < -0.4 is 10.6 Å². The summed E-state index contributed by atoms with van der Waals surface area (Å²) in [4.78, 5) is 9.96. The molecule has 2 fully saturated rings. The minimum Gasteiger partial charge on any atom is -0.357 e. The van der Waals surface area contributed by atoms with Crippen LogP contribution in [0.4, 0.5) is 0 Å². The van der Waals surface area contributed by atoms with E-state index in [-0.39, 0.29) is 0 Å². The third-order valence-electron chi connectivity index (χ3n) is 5.58. The van der Waals surface area contributed by atoms with Gasteiger partial charge in [-0.3, -0.25) is 9.89 Å². The SMILES string of the molecule is CCNC(=NCC(c1ccccc1)N1CCCC1)NCC1CCN(C)C1. The standard InChI is InChI=1S/C21H35N5/c1-3-22-21(23-15-18-11-14-25(2)17-18)24-16-20(26-12-7-8-13-26)19-9-5-4-6-10-19/h4-6,9-10,18,20H,3,7-8,11-17H2,1-2H3,(H2,22,23,24). The minimum atomic E-state index is 0.381. The molecule has 2 unspecified atom stereocenters. The third-order valence-corrected chi connectivity index (χ3v) is 5.58. The number of aliphatic imine (C=N–C) groups is 1. The van der Waals surface area contributed by atoms with Crippen molar-refractivity contribution in [1.29, 1.82) is 0 Å². The van der Waals surface area contributed by atoms with Crippen molar-refractivity contribution in [1.82, 2.24) is 20.4 Å². The number of nitrogens with zero attached hydrogens (tertiary/aromatic N) is 3. The average Bonchev–Trinajstić information content (AvgIpc) is 3.33. The molecule has 2 aliphatic heterocycles. The van der Waals surface area contributed by atoms with Crippen LogP contribution in [0.25, 0.3) is 0 Å². The van der Waals surface area contributed by atoms with Crippen molar-refractivity contribution in [2.45, 2.75) is 32.2 Å². The fraction of sp³-hybridized carbons (Fsp3) is 0.667. The molecule has 2 saturated heterocycles. The number of hydrogen-bond donors (Lipinski definition) is 2. The molecule has 0 amide bonds. The van der Waals surface area contributed by atoms with E-state index in [2.05, 4.69) is 64.7 Å². The molecule has 5 heteroatoms. The van der Waals surface area contributed by atoms with Crippen LogP contribution in [-0.2, 0) is 0 Å². The Morgan fingerprint density at radius 1 is 1.15 bits per heavy atom. The first-order chi connectivity index (χ1) is 12.8. The van der Waals surface area contributed by atoms with E-state index in [0.29, 0.717) is 6.04 Å². The normalized spacial score (nSPS) is 23.3. The molecule has 2 heterocycles. The van der Waals surface area contributed by atoms with Gasteiger partial charge in [0, 0.05) is 19.6 Å². The van der Waals surface area contributed by atoms with E-state index < -0.39 is 0 Å². The molecule has 1 aromatic carbocycles. The maximum atomic E-state index is 4.95. The number of benzene rings is 1. The van der Waals surface area contributed by atoms with Crippen LogP contribution in [0.2, 0.25) is 0 Å². The van der Waals surface area contributed by atoms with Gasteiger partial charge in [-0.05, 0) is 64.3 Å². The van der Waals surface area contributed by atoms with E-state index in [1.807, 2.05) is 0 Å². The summed E-state index contributed by atoms with van der Waals surface area (Å²) < 4.78 is 0. The number of guanidine groups is 1. The molecule has 0 radical (unpaired) electrons. The highest BCUT2D eigenvalue weighted by Gasteiger charge is 2.23. The van der Waals surface area contributed by atoms with Crippen LogP contribution in [0.3, 0.4) is 0 Å². The monoisotopic (exact) mass is 357 g/mol. The predicted molar refractivity (Wildman–Crippen MR) is 110 cm³/mol. The van der Waals surface area contributed by atoms with Gasteiger partial charge in [-0.25, -0.2) is 0 Å². The summed E-state index contributed by atoms with van der Waals surface area (Å²) in [5.74, 6) is 1.69. The highest BCUT2D eigenvalue weighted by Crippen LogP contribution is 2.25. The Morgan fingerprint density at radius 2 is 1.92 bits per heavy atom. The highest BCUT2D eigenvalue weighted by atomic mass is 15.2. The number of likely N-dealkylation sites (tertiary alicyclic amines) is 2. The Morgan fingerprint density at radius 3 is 2.58 bits per heavy atom. The molecule has 0 bridgehead atoms. The third kappa shape index (κ3) is 5.45. The van der Waals surface area contributed by atoms with Crippen molar-refractivity contribution < 1.29 is 0 Å². The smallest absolute Gasteiger partial charge is 0.191 e. The molecule has 2 atom stereocenters. The molecular formula is C21H35N5. The largest absolute Gasteiger partial charge is 0.357 e. The van der Waals surface area contributed by atoms with Crippen LogP contribution in [0, 0.1) is 5.92 Å². The molecule has 0 aliphatic carbocycles. The van der Waals surface area contributed by atoms with Crippen LogP contribution in [0.15, 0.2) is 35.3 Å². The lowest BCUT2D eigenvalue weighted by atomic mass is 10.1. The molecule has 0 spiro atoms. The summed E-state index contributed by atoms with van der Waals surface area (Å²) in [6.07, 6.45) is 3.89. The van der Waals surface area contributed by atoms with E-state index >= 15 is 0 Å². The highest BCUT2D eigenvalue weighted by molar-refractivity contribution is 5.79. The van der Waals surface area contributed by atoms with Gasteiger partial charge < -0.3 is 15.5 Å². The summed E-state index contributed by atoms with van der Waals surface area (Å²) in [7, 11) is 2.21. The molecule has 1 aromatic rings. The van der Waals surface area contributed by atoms with E-state index in [4.69, 9.17) is 4.99 Å². The van der Waals surface area contributed by atoms with E-state index in [1.165, 1.54) is 51.0 Å². The molecule has 0 saturated carbocycles. The molecule has 5 nitrogen and oxygen atoms in total. The van der Waals surface area contributed by atoms with E-state index in [9.17, 15) is 0 Å². The van der Waals surface area contributed by atoms with Gasteiger partial charge in [0.15, 0.2) is 5.96 Å². The predicted octanol–water partition coefficient (Wildman–Crippen LogP) is 2.33. The van der Waals surface area contributed by atoms with Crippen molar-refractivity contribution in [2.75, 3.05) is 52.9 Å². The average molecular weight is 358 g/mol. The van der Waals surface area contributed by atoms with Crippen molar-refractivity contribution in [2.24, 2.45) is 10.9 Å². The Bertz CT molecular complexity index is 553. The zero-order valence-corrected chi connectivity index (χ0v) is 16.5. The molecule has 26 heavy (non-hydrogen) atoms. The fourth-order valence-corrected chi connectivity index (χ4v) is 4.11. The quantitative estimate of drug-likeness (QED) is 0.581. The second kappa shape index (κ2) is 9.93. The molecular weight excluding hydrogens is 322 g/mol. The lowest BCUT2D eigenvalue weighted by molar-refractivity contribution is 0.251. The minimum absolute atomic E-state index is 0.381. The first kappa shape index (κ1) is 19.2. The zero-order chi connectivity index (χ0) is 18.2. The second-order valence-corrected chi connectivity index (χ2v) is 7.69. The van der Waals surface area contributed by atoms with Gasteiger partial charge >= 0.3 is 0 Å². The molecule has 2 N–H and O–H groups in total. The summed E-state index contributed by atoms with van der Waals surface area (Å²) >= 11 is 0. The van der Waals surface area contributed by atoms with Gasteiger partial charge in [0.2, 0.25) is 0 Å². The van der Waals surface area contributed by atoms with Gasteiger partial charge in [0.05, 0.1) is 12.6 Å². The van der Waals surface area contributed by atoms with Gasteiger partial charge in [-0.2, -0.15) is 0 Å². The molecule has 2 aliphatic rings. The Labute approximate surface area is 158 Å².